The summed E-state index contributed by atoms with van der Waals surface area (Å²) in [6.07, 6.45) is 5.28. The van der Waals surface area contributed by atoms with Crippen LogP contribution in [0.25, 0.3) is 0 Å². The van der Waals surface area contributed by atoms with Crippen LogP contribution in [0.4, 0.5) is 0 Å². The molecule has 0 N–H and O–H groups in total. The fraction of sp³-hybridized carbons (Fsp3) is 1.00. The van der Waals surface area contributed by atoms with Crippen LogP contribution < -0.4 is 0 Å². The largest absolute Gasteiger partial charge is 0.309 e. The van der Waals surface area contributed by atoms with Crippen LogP contribution in [0.5, 0.6) is 0 Å². The quantitative estimate of drug-likeness (QED) is 0.466. The Morgan fingerprint density at radius 2 is 1.43 bits per heavy atom. The molecule has 0 atom stereocenters. The van der Waals surface area contributed by atoms with Gasteiger partial charge in [-0.1, -0.05) is 22.4 Å². The highest BCUT2D eigenvalue weighted by Gasteiger charge is 1.98. The van der Waals surface area contributed by atoms with E-state index in [-0.39, 0.29) is 0 Å². The minimum Gasteiger partial charge on any atom is -0.309 e. The van der Waals surface area contributed by atoms with E-state index in [1.807, 2.05) is 0 Å². The summed E-state index contributed by atoms with van der Waals surface area (Å²) in [6.45, 7) is 3.68. The van der Waals surface area contributed by atoms with Crippen LogP contribution in [0.15, 0.2) is 0 Å². The molecular formula is C11H25BrN2. The molecule has 86 valence electrons. The van der Waals surface area contributed by atoms with Crippen molar-refractivity contribution in [2.24, 2.45) is 0 Å². The summed E-state index contributed by atoms with van der Waals surface area (Å²) in [7, 11) is 6.50. The Morgan fingerprint density at radius 3 is 2.00 bits per heavy atom. The highest BCUT2D eigenvalue weighted by atomic mass is 79.9. The van der Waals surface area contributed by atoms with Gasteiger partial charge in [-0.15, -0.1) is 0 Å². The normalized spacial score (nSPS) is 11.6. The molecule has 0 heterocycles. The van der Waals surface area contributed by atoms with Crippen LogP contribution in [-0.2, 0) is 0 Å². The van der Waals surface area contributed by atoms with Crippen LogP contribution in [-0.4, -0.2) is 55.9 Å². The van der Waals surface area contributed by atoms with Crippen LogP contribution in [0.2, 0.25) is 0 Å². The standard InChI is InChI=1S/C11H25BrN2/c1-13(2)9-7-11-14(3)10-6-4-5-8-12/h4-11H2,1-3H3. The minimum atomic E-state index is 1.15. The molecule has 0 aromatic rings. The van der Waals surface area contributed by atoms with Crippen LogP contribution >= 0.6 is 15.9 Å². The number of rotatable bonds is 9. The second-order valence-electron chi connectivity index (χ2n) is 4.21. The fourth-order valence-corrected chi connectivity index (χ4v) is 1.82. The lowest BCUT2D eigenvalue weighted by molar-refractivity contribution is 0.295. The molecular weight excluding hydrogens is 240 g/mol. The number of hydrogen-bond donors (Lipinski definition) is 0. The highest BCUT2D eigenvalue weighted by Crippen LogP contribution is 2.00. The van der Waals surface area contributed by atoms with Crippen molar-refractivity contribution < 1.29 is 0 Å². The van der Waals surface area contributed by atoms with Gasteiger partial charge in [-0.05, 0) is 60.0 Å². The first-order chi connectivity index (χ1) is 6.66. The van der Waals surface area contributed by atoms with Crippen molar-refractivity contribution >= 4 is 15.9 Å². The average Bonchev–Trinajstić information content (AvgIpc) is 2.12. The van der Waals surface area contributed by atoms with Gasteiger partial charge in [0.15, 0.2) is 0 Å². The van der Waals surface area contributed by atoms with Crippen LogP contribution in [0, 0.1) is 0 Å². The van der Waals surface area contributed by atoms with E-state index in [2.05, 4.69) is 46.9 Å². The molecule has 0 saturated heterocycles. The van der Waals surface area contributed by atoms with Crippen molar-refractivity contribution in [2.45, 2.75) is 25.7 Å². The van der Waals surface area contributed by atoms with E-state index in [4.69, 9.17) is 0 Å². The Morgan fingerprint density at radius 1 is 0.786 bits per heavy atom. The smallest absolute Gasteiger partial charge is 0.00313 e. The average molecular weight is 265 g/mol. The zero-order valence-electron chi connectivity index (χ0n) is 9.93. The number of halogens is 1. The Labute approximate surface area is 97.8 Å². The highest BCUT2D eigenvalue weighted by molar-refractivity contribution is 9.09. The first kappa shape index (κ1) is 14.4. The summed E-state index contributed by atoms with van der Waals surface area (Å²) in [5, 5.41) is 1.15. The molecule has 0 radical (unpaired) electrons. The van der Waals surface area contributed by atoms with Crippen molar-refractivity contribution in [1.29, 1.82) is 0 Å². The molecule has 0 spiro atoms. The van der Waals surface area contributed by atoms with Crippen molar-refractivity contribution in [1.82, 2.24) is 9.80 Å². The van der Waals surface area contributed by atoms with E-state index in [1.54, 1.807) is 0 Å². The van der Waals surface area contributed by atoms with Crippen molar-refractivity contribution in [3.8, 4) is 0 Å². The predicted octanol–water partition coefficient (Wildman–Crippen LogP) is 2.44. The third-order valence-electron chi connectivity index (χ3n) is 2.32. The third kappa shape index (κ3) is 10.5. The Kier molecular flexibility index (Phi) is 10.2. The zero-order chi connectivity index (χ0) is 10.8. The first-order valence-corrected chi connectivity index (χ1v) is 6.68. The molecule has 0 aromatic carbocycles. The molecule has 0 aliphatic rings. The maximum Gasteiger partial charge on any atom is 0.00313 e. The van der Waals surface area contributed by atoms with Gasteiger partial charge in [0, 0.05) is 5.33 Å². The molecule has 0 unspecified atom stereocenters. The van der Waals surface area contributed by atoms with E-state index < -0.39 is 0 Å². The van der Waals surface area contributed by atoms with Gasteiger partial charge in [-0.3, -0.25) is 0 Å². The van der Waals surface area contributed by atoms with Gasteiger partial charge in [-0.2, -0.15) is 0 Å². The van der Waals surface area contributed by atoms with Crippen molar-refractivity contribution in [3.63, 3.8) is 0 Å². The number of alkyl halides is 1. The minimum absolute atomic E-state index is 1.15. The molecule has 0 bridgehead atoms. The van der Waals surface area contributed by atoms with Gasteiger partial charge in [0.2, 0.25) is 0 Å². The second kappa shape index (κ2) is 9.94. The van der Waals surface area contributed by atoms with E-state index in [1.165, 1.54) is 45.3 Å². The Bertz CT molecular complexity index is 118. The summed E-state index contributed by atoms with van der Waals surface area (Å²) in [6, 6.07) is 0. The first-order valence-electron chi connectivity index (χ1n) is 5.56. The van der Waals surface area contributed by atoms with Gasteiger partial charge in [0.05, 0.1) is 0 Å². The van der Waals surface area contributed by atoms with Gasteiger partial charge >= 0.3 is 0 Å². The van der Waals surface area contributed by atoms with Gasteiger partial charge < -0.3 is 9.80 Å². The lowest BCUT2D eigenvalue weighted by atomic mass is 10.2. The Hall–Kier alpha value is 0.400. The summed E-state index contributed by atoms with van der Waals surface area (Å²) in [5.41, 5.74) is 0. The monoisotopic (exact) mass is 264 g/mol. The summed E-state index contributed by atoms with van der Waals surface area (Å²) in [5.74, 6) is 0. The maximum atomic E-state index is 3.46. The number of hydrogen-bond acceptors (Lipinski definition) is 2. The van der Waals surface area contributed by atoms with Crippen LogP contribution in [0.1, 0.15) is 25.7 Å². The molecule has 0 aromatic heterocycles. The Balaban J connectivity index is 3.15. The number of unbranched alkanes of at least 4 members (excludes halogenated alkanes) is 2. The predicted molar refractivity (Wildman–Crippen MR) is 68.3 cm³/mol. The van der Waals surface area contributed by atoms with Crippen molar-refractivity contribution in [2.75, 3.05) is 46.1 Å². The molecule has 14 heavy (non-hydrogen) atoms. The molecule has 2 nitrogen and oxygen atoms in total. The molecule has 0 saturated carbocycles. The third-order valence-corrected chi connectivity index (χ3v) is 2.88. The van der Waals surface area contributed by atoms with Crippen LogP contribution in [0.3, 0.4) is 0 Å². The molecule has 0 rings (SSSR count). The van der Waals surface area contributed by atoms with E-state index in [9.17, 15) is 0 Å². The topological polar surface area (TPSA) is 6.48 Å². The SMILES string of the molecule is CN(C)CCCN(C)CCCCCBr. The fourth-order valence-electron chi connectivity index (χ4n) is 1.42. The molecule has 0 aliphatic carbocycles. The molecule has 0 amide bonds. The van der Waals surface area contributed by atoms with Crippen molar-refractivity contribution in [3.05, 3.63) is 0 Å². The lowest BCUT2D eigenvalue weighted by Gasteiger charge is -2.17. The van der Waals surface area contributed by atoms with E-state index in [0.717, 1.165) is 5.33 Å². The molecule has 3 heteroatoms. The molecule has 0 fully saturated rings. The summed E-state index contributed by atoms with van der Waals surface area (Å²) >= 11 is 3.46. The zero-order valence-corrected chi connectivity index (χ0v) is 11.5. The molecule has 0 aliphatic heterocycles. The second-order valence-corrected chi connectivity index (χ2v) is 5.00. The van der Waals surface area contributed by atoms with E-state index in [0.29, 0.717) is 0 Å². The van der Waals surface area contributed by atoms with Gasteiger partial charge in [0.1, 0.15) is 0 Å². The summed E-state index contributed by atoms with van der Waals surface area (Å²) in [4.78, 5) is 4.69. The lowest BCUT2D eigenvalue weighted by Crippen LogP contribution is -2.24. The van der Waals surface area contributed by atoms with E-state index >= 15 is 0 Å². The van der Waals surface area contributed by atoms with Gasteiger partial charge in [-0.25, -0.2) is 0 Å². The number of nitrogens with zero attached hydrogens (tertiary/aromatic N) is 2. The summed E-state index contributed by atoms with van der Waals surface area (Å²) < 4.78 is 0. The van der Waals surface area contributed by atoms with Gasteiger partial charge in [0.25, 0.3) is 0 Å². The maximum absolute atomic E-state index is 3.46.